The highest BCUT2D eigenvalue weighted by Gasteiger charge is 2.14. The van der Waals surface area contributed by atoms with Gasteiger partial charge >= 0.3 is 0 Å². The van der Waals surface area contributed by atoms with Crippen LogP contribution in [0.5, 0.6) is 0 Å². The third kappa shape index (κ3) is 6.26. The molecule has 0 rings (SSSR count). The quantitative estimate of drug-likeness (QED) is 0.608. The fourth-order valence-electron chi connectivity index (χ4n) is 1.39. The number of hydrogen-bond acceptors (Lipinski definition) is 2. The average molecular weight is 213 g/mol. The molecule has 3 heteroatoms. The van der Waals surface area contributed by atoms with Gasteiger partial charge in [-0.2, -0.15) is 0 Å². The van der Waals surface area contributed by atoms with Crippen molar-refractivity contribution in [1.29, 1.82) is 0 Å². The maximum Gasteiger partial charge on any atom is 0.229 e. The van der Waals surface area contributed by atoms with Crippen LogP contribution in [-0.4, -0.2) is 29.7 Å². The Balaban J connectivity index is 3.90. The van der Waals surface area contributed by atoms with E-state index >= 15 is 0 Å². The lowest BCUT2D eigenvalue weighted by Gasteiger charge is -2.18. The minimum absolute atomic E-state index is 0.0336. The molecule has 0 saturated heterocycles. The SMILES string of the molecule is CCN(CC)C(=O)CC(=O)CCC(C)C. The molecule has 0 saturated carbocycles. The molecule has 0 aliphatic heterocycles. The summed E-state index contributed by atoms with van der Waals surface area (Å²) in [5.74, 6) is 0.562. The van der Waals surface area contributed by atoms with Crippen molar-refractivity contribution in [3.05, 3.63) is 0 Å². The lowest BCUT2D eigenvalue weighted by atomic mass is 10.0. The van der Waals surface area contributed by atoms with Crippen LogP contribution in [0.3, 0.4) is 0 Å². The second kappa shape index (κ2) is 7.43. The summed E-state index contributed by atoms with van der Waals surface area (Å²) in [5, 5.41) is 0. The topological polar surface area (TPSA) is 37.4 Å². The monoisotopic (exact) mass is 213 g/mol. The smallest absolute Gasteiger partial charge is 0.229 e. The van der Waals surface area contributed by atoms with Crippen LogP contribution in [0.15, 0.2) is 0 Å². The van der Waals surface area contributed by atoms with E-state index in [2.05, 4.69) is 13.8 Å². The molecule has 0 fully saturated rings. The summed E-state index contributed by atoms with van der Waals surface area (Å²) in [6.07, 6.45) is 1.49. The van der Waals surface area contributed by atoms with Crippen molar-refractivity contribution < 1.29 is 9.59 Å². The van der Waals surface area contributed by atoms with Gasteiger partial charge in [-0.15, -0.1) is 0 Å². The number of hydrogen-bond donors (Lipinski definition) is 0. The lowest BCUT2D eigenvalue weighted by Crippen LogP contribution is -2.32. The van der Waals surface area contributed by atoms with Gasteiger partial charge in [-0.1, -0.05) is 13.8 Å². The Morgan fingerprint density at radius 3 is 2.07 bits per heavy atom. The van der Waals surface area contributed by atoms with Crippen molar-refractivity contribution >= 4 is 11.7 Å². The first-order valence-electron chi connectivity index (χ1n) is 5.80. The summed E-state index contributed by atoms with van der Waals surface area (Å²) in [7, 11) is 0. The molecule has 3 nitrogen and oxygen atoms in total. The minimum atomic E-state index is -0.0336. The zero-order valence-corrected chi connectivity index (χ0v) is 10.4. The summed E-state index contributed by atoms with van der Waals surface area (Å²) in [4.78, 5) is 24.7. The molecule has 0 unspecified atom stereocenters. The molecule has 0 radical (unpaired) electrons. The molecule has 0 aromatic heterocycles. The molecule has 0 spiro atoms. The fraction of sp³-hybridized carbons (Fsp3) is 0.833. The Kier molecular flexibility index (Phi) is 7.01. The van der Waals surface area contributed by atoms with E-state index in [0.717, 1.165) is 6.42 Å². The van der Waals surface area contributed by atoms with Gasteiger partial charge in [0.2, 0.25) is 5.91 Å². The van der Waals surface area contributed by atoms with Crippen molar-refractivity contribution in [3.63, 3.8) is 0 Å². The molecule has 0 N–H and O–H groups in total. The molecule has 0 aliphatic carbocycles. The first-order chi connectivity index (χ1) is 7.01. The molecular weight excluding hydrogens is 190 g/mol. The summed E-state index contributed by atoms with van der Waals surface area (Å²) in [5.41, 5.74) is 0. The van der Waals surface area contributed by atoms with Crippen molar-refractivity contribution in [2.24, 2.45) is 5.92 Å². The summed E-state index contributed by atoms with van der Waals surface area (Å²) < 4.78 is 0. The normalized spacial score (nSPS) is 10.5. The first-order valence-corrected chi connectivity index (χ1v) is 5.80. The second-order valence-electron chi connectivity index (χ2n) is 4.21. The van der Waals surface area contributed by atoms with Crippen LogP contribution in [0.1, 0.15) is 47.0 Å². The molecule has 15 heavy (non-hydrogen) atoms. The number of rotatable bonds is 7. The predicted octanol–water partition coefficient (Wildman–Crippen LogP) is 2.25. The van der Waals surface area contributed by atoms with Gasteiger partial charge in [0.05, 0.1) is 6.42 Å². The van der Waals surface area contributed by atoms with Crippen molar-refractivity contribution in [3.8, 4) is 0 Å². The fourth-order valence-corrected chi connectivity index (χ4v) is 1.39. The third-order valence-corrected chi connectivity index (χ3v) is 2.47. The first kappa shape index (κ1) is 14.1. The maximum atomic E-state index is 11.6. The molecule has 0 heterocycles. The van der Waals surface area contributed by atoms with Crippen LogP contribution in [-0.2, 0) is 9.59 Å². The van der Waals surface area contributed by atoms with Gasteiger partial charge in [-0.3, -0.25) is 9.59 Å². The van der Waals surface area contributed by atoms with Crippen molar-refractivity contribution in [1.82, 2.24) is 4.90 Å². The molecule has 1 amide bonds. The van der Waals surface area contributed by atoms with E-state index in [1.807, 2.05) is 13.8 Å². The van der Waals surface area contributed by atoms with Gasteiger partial charge < -0.3 is 4.90 Å². The van der Waals surface area contributed by atoms with Crippen LogP contribution in [0, 0.1) is 5.92 Å². The molecule has 0 aromatic rings. The predicted molar refractivity (Wildman–Crippen MR) is 61.6 cm³/mol. The molecule has 0 aliphatic rings. The van der Waals surface area contributed by atoms with Crippen molar-refractivity contribution in [2.75, 3.05) is 13.1 Å². The highest BCUT2D eigenvalue weighted by molar-refractivity contribution is 5.97. The Bertz CT molecular complexity index is 208. The Morgan fingerprint density at radius 2 is 1.67 bits per heavy atom. The van der Waals surface area contributed by atoms with E-state index in [1.165, 1.54) is 0 Å². The number of carbonyl (C=O) groups is 2. The van der Waals surface area contributed by atoms with Gasteiger partial charge in [0.25, 0.3) is 0 Å². The highest BCUT2D eigenvalue weighted by atomic mass is 16.2. The molecular formula is C12H23NO2. The van der Waals surface area contributed by atoms with Crippen LogP contribution in [0.4, 0.5) is 0 Å². The second-order valence-corrected chi connectivity index (χ2v) is 4.21. The zero-order chi connectivity index (χ0) is 11.8. The Labute approximate surface area is 92.8 Å². The Morgan fingerprint density at radius 1 is 1.13 bits per heavy atom. The van der Waals surface area contributed by atoms with Crippen molar-refractivity contribution in [2.45, 2.75) is 47.0 Å². The maximum absolute atomic E-state index is 11.6. The van der Waals surface area contributed by atoms with Crippen LogP contribution >= 0.6 is 0 Å². The lowest BCUT2D eigenvalue weighted by molar-refractivity contribution is -0.135. The van der Waals surface area contributed by atoms with Gasteiger partial charge in [0, 0.05) is 19.5 Å². The third-order valence-electron chi connectivity index (χ3n) is 2.47. The molecule has 0 aromatic carbocycles. The van der Waals surface area contributed by atoms with E-state index in [9.17, 15) is 9.59 Å². The van der Waals surface area contributed by atoms with Crippen LogP contribution in [0.2, 0.25) is 0 Å². The van der Waals surface area contributed by atoms with E-state index in [0.29, 0.717) is 25.4 Å². The number of amides is 1. The molecule has 0 atom stereocenters. The van der Waals surface area contributed by atoms with Crippen LogP contribution < -0.4 is 0 Å². The Hall–Kier alpha value is -0.860. The molecule has 0 bridgehead atoms. The van der Waals surface area contributed by atoms with Gasteiger partial charge in [0.1, 0.15) is 5.78 Å². The molecule has 88 valence electrons. The average Bonchev–Trinajstić information content (AvgIpc) is 2.16. The standard InChI is InChI=1S/C12H23NO2/c1-5-13(6-2)12(15)9-11(14)8-7-10(3)4/h10H,5-9H2,1-4H3. The van der Waals surface area contributed by atoms with E-state index in [4.69, 9.17) is 0 Å². The van der Waals surface area contributed by atoms with E-state index in [-0.39, 0.29) is 18.1 Å². The van der Waals surface area contributed by atoms with Gasteiger partial charge in [-0.25, -0.2) is 0 Å². The summed E-state index contributed by atoms with van der Waals surface area (Å²) >= 11 is 0. The van der Waals surface area contributed by atoms with Gasteiger partial charge in [-0.05, 0) is 26.2 Å². The van der Waals surface area contributed by atoms with E-state index in [1.54, 1.807) is 4.90 Å². The zero-order valence-electron chi connectivity index (χ0n) is 10.4. The number of ketones is 1. The summed E-state index contributed by atoms with van der Waals surface area (Å²) in [6, 6.07) is 0. The largest absolute Gasteiger partial charge is 0.343 e. The number of carbonyl (C=O) groups excluding carboxylic acids is 2. The number of Topliss-reactive ketones (excluding diaryl/α,β-unsaturated/α-hetero) is 1. The summed E-state index contributed by atoms with van der Waals surface area (Å²) in [6.45, 7) is 9.40. The van der Waals surface area contributed by atoms with E-state index < -0.39 is 0 Å². The van der Waals surface area contributed by atoms with Gasteiger partial charge in [0.15, 0.2) is 0 Å². The van der Waals surface area contributed by atoms with Crippen LogP contribution in [0.25, 0.3) is 0 Å². The minimum Gasteiger partial charge on any atom is -0.343 e. The number of nitrogens with zero attached hydrogens (tertiary/aromatic N) is 1. The highest BCUT2D eigenvalue weighted by Crippen LogP contribution is 2.06.